The molecule has 3 aliphatic rings. The SMILES string of the molecule is CC1=C2CC(CC1)C2(C)C.O=C([O-])[O-].[Ca+2]. The Morgan fingerprint density at radius 2 is 1.87 bits per heavy atom. The molecule has 0 spiro atoms. The van der Waals surface area contributed by atoms with Crippen molar-refractivity contribution in [2.45, 2.75) is 40.0 Å². The molecule has 0 aromatic heterocycles. The van der Waals surface area contributed by atoms with Gasteiger partial charge in [-0.05, 0) is 43.7 Å². The average Bonchev–Trinajstić information content (AvgIpc) is 2.02. The molecule has 15 heavy (non-hydrogen) atoms. The Hall–Kier alpha value is 0.270. The number of hydrogen-bond acceptors (Lipinski definition) is 3. The van der Waals surface area contributed by atoms with Crippen LogP contribution in [0.15, 0.2) is 11.1 Å². The molecule has 0 saturated heterocycles. The topological polar surface area (TPSA) is 63.2 Å². The third-order valence-electron chi connectivity index (χ3n) is 3.63. The molecule has 0 aromatic rings. The van der Waals surface area contributed by atoms with Crippen molar-refractivity contribution in [2.75, 3.05) is 0 Å². The molecule has 0 aromatic carbocycles. The molecule has 0 amide bonds. The van der Waals surface area contributed by atoms with Gasteiger partial charge in [0.1, 0.15) is 0 Å². The van der Waals surface area contributed by atoms with E-state index in [2.05, 4.69) is 20.8 Å². The van der Waals surface area contributed by atoms with Gasteiger partial charge in [-0.15, -0.1) is 0 Å². The summed E-state index contributed by atoms with van der Waals surface area (Å²) in [7, 11) is 0. The van der Waals surface area contributed by atoms with Gasteiger partial charge in [-0.3, -0.25) is 0 Å². The smallest absolute Gasteiger partial charge is 0.652 e. The summed E-state index contributed by atoms with van der Waals surface area (Å²) in [6, 6.07) is 0. The zero-order chi connectivity index (χ0) is 10.9. The van der Waals surface area contributed by atoms with Crippen LogP contribution in [0.25, 0.3) is 0 Å². The predicted molar refractivity (Wildman–Crippen MR) is 55.0 cm³/mol. The molecule has 2 bridgehead atoms. The quantitative estimate of drug-likeness (QED) is 0.449. The zero-order valence-corrected chi connectivity index (χ0v) is 11.8. The third kappa shape index (κ3) is 3.36. The Bertz CT molecular complexity index is 278. The summed E-state index contributed by atoms with van der Waals surface area (Å²) >= 11 is 0. The summed E-state index contributed by atoms with van der Waals surface area (Å²) in [6.07, 6.45) is 1.91. The van der Waals surface area contributed by atoms with Crippen molar-refractivity contribution in [3.63, 3.8) is 0 Å². The molecule has 0 aliphatic heterocycles. The number of hydrogen-bond donors (Lipinski definition) is 0. The molecular weight excluding hydrogens is 220 g/mol. The van der Waals surface area contributed by atoms with E-state index in [0.717, 1.165) is 5.92 Å². The van der Waals surface area contributed by atoms with Crippen LogP contribution >= 0.6 is 0 Å². The maximum Gasteiger partial charge on any atom is 2.00 e. The van der Waals surface area contributed by atoms with Crippen LogP contribution in [0.3, 0.4) is 0 Å². The van der Waals surface area contributed by atoms with Crippen LogP contribution in [0.2, 0.25) is 0 Å². The number of carboxylic acid groups (broad SMARTS) is 2. The summed E-state index contributed by atoms with van der Waals surface area (Å²) in [4.78, 5) is 8.33. The van der Waals surface area contributed by atoms with Crippen molar-refractivity contribution >= 4 is 43.9 Å². The monoisotopic (exact) mass is 236 g/mol. The Labute approximate surface area is 121 Å². The van der Waals surface area contributed by atoms with E-state index in [0.29, 0.717) is 5.41 Å². The van der Waals surface area contributed by atoms with Crippen LogP contribution in [0.4, 0.5) is 4.79 Å². The summed E-state index contributed by atoms with van der Waals surface area (Å²) in [5.41, 5.74) is 4.04. The minimum absolute atomic E-state index is 0. The minimum Gasteiger partial charge on any atom is -0.652 e. The van der Waals surface area contributed by atoms with Crippen LogP contribution in [0, 0.1) is 11.3 Å². The normalized spacial score (nSPS) is 25.4. The molecule has 1 atom stereocenters. The van der Waals surface area contributed by atoms with E-state index >= 15 is 0 Å². The standard InChI is InChI=1S/C10H16.CH2O3.Ca/c1-7-4-5-8-6-9(7)10(8,2)3;2-1(3)4;/h8H,4-6H2,1-3H3;(H2,2,3,4);/q;;+2/p-2. The van der Waals surface area contributed by atoms with Crippen molar-refractivity contribution in [1.82, 2.24) is 0 Å². The van der Waals surface area contributed by atoms with Gasteiger partial charge >= 0.3 is 37.7 Å². The first-order valence-electron chi connectivity index (χ1n) is 4.92. The van der Waals surface area contributed by atoms with E-state index in [-0.39, 0.29) is 37.7 Å². The van der Waals surface area contributed by atoms with Gasteiger partial charge in [0, 0.05) is 0 Å². The number of rotatable bonds is 0. The second-order valence-corrected chi connectivity index (χ2v) is 4.67. The number of carbonyl (C=O) groups excluding carboxylic acids is 1. The molecule has 3 nitrogen and oxygen atoms in total. The van der Waals surface area contributed by atoms with E-state index < -0.39 is 6.16 Å². The summed E-state index contributed by atoms with van der Waals surface area (Å²) in [5, 5.41) is 16.7. The Kier molecular flexibility index (Phi) is 5.65. The Balaban J connectivity index is 0.000000346. The van der Waals surface area contributed by atoms with Gasteiger partial charge in [-0.2, -0.15) is 0 Å². The molecule has 0 heterocycles. The third-order valence-corrected chi connectivity index (χ3v) is 3.63. The maximum atomic E-state index is 8.33. The second-order valence-electron chi connectivity index (χ2n) is 4.67. The average molecular weight is 236 g/mol. The van der Waals surface area contributed by atoms with Crippen molar-refractivity contribution in [2.24, 2.45) is 11.3 Å². The molecule has 0 N–H and O–H groups in total. The van der Waals surface area contributed by atoms with E-state index in [4.69, 9.17) is 15.0 Å². The molecular formula is C11H16CaO3. The van der Waals surface area contributed by atoms with Gasteiger partial charge in [-0.25, -0.2) is 0 Å². The maximum absolute atomic E-state index is 8.33. The molecule has 3 rings (SSSR count). The fourth-order valence-corrected chi connectivity index (χ4v) is 2.61. The van der Waals surface area contributed by atoms with Gasteiger partial charge in [-0.1, -0.05) is 25.0 Å². The second kappa shape index (κ2) is 5.55. The van der Waals surface area contributed by atoms with E-state index in [1.54, 1.807) is 11.1 Å². The molecule has 3 aliphatic carbocycles. The van der Waals surface area contributed by atoms with Crippen LogP contribution < -0.4 is 10.2 Å². The first-order chi connectivity index (χ1) is 6.35. The Morgan fingerprint density at radius 3 is 2.07 bits per heavy atom. The molecule has 1 fully saturated rings. The largest absolute Gasteiger partial charge is 2.00 e. The van der Waals surface area contributed by atoms with Gasteiger partial charge < -0.3 is 15.0 Å². The number of allylic oxidation sites excluding steroid dienone is 2. The van der Waals surface area contributed by atoms with Crippen molar-refractivity contribution < 1.29 is 15.0 Å². The van der Waals surface area contributed by atoms with Crippen LogP contribution in [0.5, 0.6) is 0 Å². The molecule has 1 saturated carbocycles. The molecule has 0 radical (unpaired) electrons. The first-order valence-corrected chi connectivity index (χ1v) is 4.92. The van der Waals surface area contributed by atoms with E-state index in [1.807, 2.05) is 0 Å². The van der Waals surface area contributed by atoms with Crippen LogP contribution in [0.1, 0.15) is 40.0 Å². The predicted octanol–water partition coefficient (Wildman–Crippen LogP) is 0.315. The molecule has 80 valence electrons. The fourth-order valence-electron chi connectivity index (χ4n) is 2.61. The van der Waals surface area contributed by atoms with Gasteiger partial charge in [0.25, 0.3) is 0 Å². The minimum atomic E-state index is -2.33. The van der Waals surface area contributed by atoms with Crippen LogP contribution in [-0.2, 0) is 0 Å². The van der Waals surface area contributed by atoms with Crippen molar-refractivity contribution in [1.29, 1.82) is 0 Å². The summed E-state index contributed by atoms with van der Waals surface area (Å²) < 4.78 is 0. The molecule has 1 unspecified atom stereocenters. The van der Waals surface area contributed by atoms with E-state index in [9.17, 15) is 0 Å². The van der Waals surface area contributed by atoms with Gasteiger partial charge in [0.15, 0.2) is 0 Å². The van der Waals surface area contributed by atoms with Crippen molar-refractivity contribution in [3.05, 3.63) is 11.1 Å². The fraction of sp³-hybridized carbons (Fsp3) is 0.727. The van der Waals surface area contributed by atoms with Crippen LogP contribution in [-0.4, -0.2) is 43.9 Å². The van der Waals surface area contributed by atoms with Gasteiger partial charge in [0.2, 0.25) is 0 Å². The number of fused-ring (bicyclic) bond motifs is 2. The molecule has 4 heteroatoms. The van der Waals surface area contributed by atoms with Gasteiger partial charge in [0.05, 0.1) is 0 Å². The van der Waals surface area contributed by atoms with E-state index in [1.165, 1.54) is 19.3 Å². The zero-order valence-electron chi connectivity index (χ0n) is 9.63. The van der Waals surface area contributed by atoms with Crippen molar-refractivity contribution in [3.8, 4) is 0 Å². The summed E-state index contributed by atoms with van der Waals surface area (Å²) in [6.45, 7) is 7.12. The first kappa shape index (κ1) is 15.3. The Morgan fingerprint density at radius 1 is 1.40 bits per heavy atom. The number of carbonyl (C=O) groups is 1. The summed E-state index contributed by atoms with van der Waals surface area (Å²) in [5.74, 6) is 1.02.